The van der Waals surface area contributed by atoms with E-state index in [4.69, 9.17) is 4.74 Å². The number of nitrogens with zero attached hydrogens (tertiary/aromatic N) is 1. The van der Waals surface area contributed by atoms with Crippen LogP contribution >= 0.6 is 11.3 Å². The van der Waals surface area contributed by atoms with Gasteiger partial charge < -0.3 is 4.74 Å². The van der Waals surface area contributed by atoms with Crippen LogP contribution in [0.3, 0.4) is 0 Å². The number of aryl methyl sites for hydroxylation is 3. The lowest BCUT2D eigenvalue weighted by Crippen LogP contribution is -2.20. The molecule has 0 fully saturated rings. The van der Waals surface area contributed by atoms with Gasteiger partial charge >= 0.3 is 0 Å². The van der Waals surface area contributed by atoms with Crippen LogP contribution in [-0.4, -0.2) is 17.5 Å². The quantitative estimate of drug-likeness (QED) is 0.686. The van der Waals surface area contributed by atoms with Crippen molar-refractivity contribution in [1.29, 1.82) is 0 Å². The third kappa shape index (κ3) is 4.11. The minimum absolute atomic E-state index is 0.0389. The summed E-state index contributed by atoms with van der Waals surface area (Å²) in [5, 5.41) is 3.42. The number of carbonyl (C=O) groups is 1. The zero-order valence-corrected chi connectivity index (χ0v) is 16.2. The predicted molar refractivity (Wildman–Crippen MR) is 107 cm³/mol. The minimum atomic E-state index is -0.213. The van der Waals surface area contributed by atoms with Gasteiger partial charge in [-0.2, -0.15) is 0 Å². The smallest absolute Gasteiger partial charge is 0.264 e. The molecule has 0 saturated carbocycles. The first-order valence-electron chi connectivity index (χ1n) is 8.47. The van der Waals surface area contributed by atoms with Crippen LogP contribution in [0.15, 0.2) is 42.5 Å². The lowest BCUT2D eigenvalue weighted by atomic mass is 10.1. The van der Waals surface area contributed by atoms with E-state index in [9.17, 15) is 4.79 Å². The molecule has 0 aliphatic heterocycles. The molecule has 0 atom stereocenters. The van der Waals surface area contributed by atoms with Crippen LogP contribution in [0.4, 0.5) is 5.13 Å². The lowest BCUT2D eigenvalue weighted by molar-refractivity contribution is -0.118. The molecule has 1 amide bonds. The van der Waals surface area contributed by atoms with Crippen molar-refractivity contribution in [2.45, 2.75) is 27.7 Å². The fourth-order valence-electron chi connectivity index (χ4n) is 2.61. The minimum Gasteiger partial charge on any atom is -0.483 e. The van der Waals surface area contributed by atoms with Gasteiger partial charge in [-0.1, -0.05) is 42.0 Å². The SMILES string of the molecule is Cc1ccc(-c2nc(NC(=O)COc3cccc(C)c3C)sc2C)cc1. The predicted octanol–water partition coefficient (Wildman–Crippen LogP) is 5.06. The van der Waals surface area contributed by atoms with Gasteiger partial charge in [-0.05, 0) is 44.9 Å². The molecule has 0 bridgehead atoms. The molecule has 0 spiro atoms. The summed E-state index contributed by atoms with van der Waals surface area (Å²) in [6, 6.07) is 14.0. The molecule has 4 nitrogen and oxygen atoms in total. The van der Waals surface area contributed by atoms with Gasteiger partial charge in [-0.3, -0.25) is 10.1 Å². The molecule has 1 N–H and O–H groups in total. The summed E-state index contributed by atoms with van der Waals surface area (Å²) in [6.07, 6.45) is 0. The third-order valence-corrected chi connectivity index (χ3v) is 5.17. The van der Waals surface area contributed by atoms with Gasteiger partial charge in [0.15, 0.2) is 11.7 Å². The number of carbonyl (C=O) groups excluding carboxylic acids is 1. The summed E-state index contributed by atoms with van der Waals surface area (Å²) in [4.78, 5) is 17.9. The largest absolute Gasteiger partial charge is 0.483 e. The summed E-state index contributed by atoms with van der Waals surface area (Å²) >= 11 is 1.47. The second-order valence-electron chi connectivity index (χ2n) is 6.32. The summed E-state index contributed by atoms with van der Waals surface area (Å²) in [5.41, 5.74) is 5.35. The second kappa shape index (κ2) is 7.70. The van der Waals surface area contributed by atoms with E-state index in [1.54, 1.807) is 0 Å². The van der Waals surface area contributed by atoms with E-state index in [0.717, 1.165) is 33.0 Å². The number of ether oxygens (including phenoxy) is 1. The molecule has 3 aromatic rings. The van der Waals surface area contributed by atoms with Gasteiger partial charge in [0.2, 0.25) is 0 Å². The number of nitrogens with one attached hydrogen (secondary N) is 1. The van der Waals surface area contributed by atoms with Crippen LogP contribution in [0.2, 0.25) is 0 Å². The first kappa shape index (κ1) is 18.1. The van der Waals surface area contributed by atoms with E-state index < -0.39 is 0 Å². The highest BCUT2D eigenvalue weighted by molar-refractivity contribution is 7.16. The fourth-order valence-corrected chi connectivity index (χ4v) is 3.46. The third-order valence-electron chi connectivity index (χ3n) is 4.28. The molecule has 1 aromatic heterocycles. The molecule has 5 heteroatoms. The first-order valence-corrected chi connectivity index (χ1v) is 9.29. The van der Waals surface area contributed by atoms with E-state index >= 15 is 0 Å². The van der Waals surface area contributed by atoms with E-state index in [1.807, 2.05) is 51.1 Å². The van der Waals surface area contributed by atoms with Crippen molar-refractivity contribution in [2.75, 3.05) is 11.9 Å². The van der Waals surface area contributed by atoms with E-state index in [2.05, 4.69) is 29.4 Å². The molecule has 2 aromatic carbocycles. The summed E-state index contributed by atoms with van der Waals surface area (Å²) < 4.78 is 5.65. The molecular weight excluding hydrogens is 344 g/mol. The van der Waals surface area contributed by atoms with Crippen LogP contribution in [-0.2, 0) is 4.79 Å². The van der Waals surface area contributed by atoms with Crippen molar-refractivity contribution in [3.63, 3.8) is 0 Å². The Labute approximate surface area is 157 Å². The van der Waals surface area contributed by atoms with E-state index in [-0.39, 0.29) is 12.5 Å². The van der Waals surface area contributed by atoms with Crippen LogP contribution in [0, 0.1) is 27.7 Å². The average molecular weight is 366 g/mol. The molecule has 0 unspecified atom stereocenters. The van der Waals surface area contributed by atoms with Gasteiger partial charge in [0.1, 0.15) is 5.75 Å². The Balaban J connectivity index is 1.65. The molecule has 134 valence electrons. The van der Waals surface area contributed by atoms with Crippen LogP contribution < -0.4 is 10.1 Å². The molecule has 0 saturated heterocycles. The molecule has 0 aliphatic carbocycles. The number of amides is 1. The first-order chi connectivity index (χ1) is 12.4. The number of hydrogen-bond acceptors (Lipinski definition) is 4. The molecule has 0 aliphatic rings. The monoisotopic (exact) mass is 366 g/mol. The van der Waals surface area contributed by atoms with Gasteiger partial charge in [-0.15, -0.1) is 11.3 Å². The van der Waals surface area contributed by atoms with E-state index in [0.29, 0.717) is 5.13 Å². The highest BCUT2D eigenvalue weighted by Gasteiger charge is 2.13. The van der Waals surface area contributed by atoms with Gasteiger partial charge in [0.05, 0.1) is 5.69 Å². The maximum atomic E-state index is 12.2. The van der Waals surface area contributed by atoms with Crippen molar-refractivity contribution in [1.82, 2.24) is 4.98 Å². The van der Waals surface area contributed by atoms with Crippen LogP contribution in [0.5, 0.6) is 5.75 Å². The highest BCUT2D eigenvalue weighted by atomic mass is 32.1. The zero-order chi connectivity index (χ0) is 18.7. The number of thiazole rings is 1. The Morgan fingerprint density at radius 1 is 1.08 bits per heavy atom. The van der Waals surface area contributed by atoms with Gasteiger partial charge in [0, 0.05) is 10.4 Å². The Kier molecular flexibility index (Phi) is 5.38. The Hall–Kier alpha value is -2.66. The fraction of sp³-hybridized carbons (Fsp3) is 0.238. The van der Waals surface area contributed by atoms with Crippen molar-refractivity contribution in [2.24, 2.45) is 0 Å². The molecule has 3 rings (SSSR count). The maximum Gasteiger partial charge on any atom is 0.264 e. The second-order valence-corrected chi connectivity index (χ2v) is 7.53. The Morgan fingerprint density at radius 3 is 2.54 bits per heavy atom. The normalized spacial score (nSPS) is 10.6. The van der Waals surface area contributed by atoms with Crippen molar-refractivity contribution >= 4 is 22.4 Å². The Bertz CT molecular complexity index is 930. The van der Waals surface area contributed by atoms with E-state index in [1.165, 1.54) is 16.9 Å². The van der Waals surface area contributed by atoms with Gasteiger partial charge in [0.25, 0.3) is 5.91 Å². The number of benzene rings is 2. The number of aromatic nitrogens is 1. The number of rotatable bonds is 5. The average Bonchev–Trinajstić information content (AvgIpc) is 2.97. The zero-order valence-electron chi connectivity index (χ0n) is 15.4. The number of hydrogen-bond donors (Lipinski definition) is 1. The van der Waals surface area contributed by atoms with Crippen molar-refractivity contribution < 1.29 is 9.53 Å². The summed E-state index contributed by atoms with van der Waals surface area (Å²) in [6.45, 7) is 8.03. The maximum absolute atomic E-state index is 12.2. The van der Waals surface area contributed by atoms with Crippen LogP contribution in [0.25, 0.3) is 11.3 Å². The van der Waals surface area contributed by atoms with Crippen molar-refractivity contribution in [3.05, 3.63) is 64.0 Å². The number of anilines is 1. The topological polar surface area (TPSA) is 51.2 Å². The summed E-state index contributed by atoms with van der Waals surface area (Å²) in [5.74, 6) is 0.519. The Morgan fingerprint density at radius 2 is 1.81 bits per heavy atom. The molecule has 0 radical (unpaired) electrons. The highest BCUT2D eigenvalue weighted by Crippen LogP contribution is 2.30. The molecule has 26 heavy (non-hydrogen) atoms. The van der Waals surface area contributed by atoms with Crippen LogP contribution in [0.1, 0.15) is 21.6 Å². The summed E-state index contributed by atoms with van der Waals surface area (Å²) in [7, 11) is 0. The molecule has 1 heterocycles. The molecular formula is C21H22N2O2S. The van der Waals surface area contributed by atoms with Crippen molar-refractivity contribution in [3.8, 4) is 17.0 Å². The standard InChI is InChI=1S/C21H22N2O2S/c1-13-8-10-17(11-9-13)20-16(4)26-21(23-20)22-19(24)12-25-18-7-5-6-14(2)15(18)3/h5-11H,12H2,1-4H3,(H,22,23,24). The lowest BCUT2D eigenvalue weighted by Gasteiger charge is -2.10. The van der Waals surface area contributed by atoms with Gasteiger partial charge in [-0.25, -0.2) is 4.98 Å².